The highest BCUT2D eigenvalue weighted by atomic mass is 35.5. The normalized spacial score (nSPS) is 10.4. The van der Waals surface area contributed by atoms with Crippen LogP contribution in [0.5, 0.6) is 0 Å². The van der Waals surface area contributed by atoms with Crippen molar-refractivity contribution in [1.29, 1.82) is 0 Å². The van der Waals surface area contributed by atoms with Gasteiger partial charge in [-0.05, 0) is 24.3 Å². The molecule has 2 aromatic rings. The number of aromatic carboxylic acids is 1. The summed E-state index contributed by atoms with van der Waals surface area (Å²) >= 11 is 5.90. The van der Waals surface area contributed by atoms with Gasteiger partial charge in [-0.3, -0.25) is 0 Å². The van der Waals surface area contributed by atoms with Crippen molar-refractivity contribution in [2.75, 3.05) is 0 Å². The summed E-state index contributed by atoms with van der Waals surface area (Å²) in [6, 6.07) is 7.04. The average Bonchev–Trinajstić information content (AvgIpc) is 2.30. The predicted octanol–water partition coefficient (Wildman–Crippen LogP) is 3.98. The molecule has 0 spiro atoms. The molecule has 0 saturated carbocycles. The van der Waals surface area contributed by atoms with E-state index in [1.54, 1.807) is 0 Å². The molecule has 0 fully saturated rings. The summed E-state index contributed by atoms with van der Waals surface area (Å²) in [6.45, 7) is 0. The van der Waals surface area contributed by atoms with E-state index in [2.05, 4.69) is 0 Å². The maximum absolute atomic E-state index is 13.6. The third-order valence-electron chi connectivity index (χ3n) is 2.44. The summed E-state index contributed by atoms with van der Waals surface area (Å²) < 4.78 is 26.3. The van der Waals surface area contributed by atoms with E-state index in [4.69, 9.17) is 16.7 Å². The van der Waals surface area contributed by atoms with Gasteiger partial charge in [0.2, 0.25) is 0 Å². The van der Waals surface area contributed by atoms with Crippen LogP contribution in [0.15, 0.2) is 36.4 Å². The molecule has 2 aromatic carbocycles. The van der Waals surface area contributed by atoms with E-state index in [0.29, 0.717) is 5.56 Å². The van der Waals surface area contributed by atoms with Gasteiger partial charge in [0.05, 0.1) is 5.56 Å². The maximum atomic E-state index is 13.6. The Morgan fingerprint density at radius 3 is 2.28 bits per heavy atom. The Hall–Kier alpha value is -1.94. The third kappa shape index (κ3) is 2.33. The highest BCUT2D eigenvalue weighted by Crippen LogP contribution is 2.31. The molecule has 0 unspecified atom stereocenters. The van der Waals surface area contributed by atoms with E-state index in [1.807, 2.05) is 0 Å². The molecule has 5 heteroatoms. The molecule has 0 aliphatic heterocycles. The molecule has 2 rings (SSSR count). The first-order valence-electron chi connectivity index (χ1n) is 4.97. The minimum absolute atomic E-state index is 0.00581. The van der Waals surface area contributed by atoms with E-state index in [-0.39, 0.29) is 16.1 Å². The fourth-order valence-corrected chi connectivity index (χ4v) is 1.86. The minimum Gasteiger partial charge on any atom is -0.478 e. The van der Waals surface area contributed by atoms with E-state index in [9.17, 15) is 13.6 Å². The molecule has 92 valence electrons. The Bertz CT molecular complexity index is 626. The van der Waals surface area contributed by atoms with Gasteiger partial charge < -0.3 is 5.11 Å². The van der Waals surface area contributed by atoms with Crippen LogP contribution < -0.4 is 0 Å². The molecule has 0 aromatic heterocycles. The molecule has 2 nitrogen and oxygen atoms in total. The summed E-state index contributed by atoms with van der Waals surface area (Å²) in [6.07, 6.45) is 0. The molecule has 0 aliphatic rings. The summed E-state index contributed by atoms with van der Waals surface area (Å²) in [5.74, 6) is -2.56. The van der Waals surface area contributed by atoms with Crippen molar-refractivity contribution < 1.29 is 18.7 Å². The van der Waals surface area contributed by atoms with Crippen molar-refractivity contribution in [3.63, 3.8) is 0 Å². The number of rotatable bonds is 2. The van der Waals surface area contributed by atoms with Crippen LogP contribution in [0.4, 0.5) is 8.78 Å². The summed E-state index contributed by atoms with van der Waals surface area (Å²) in [5, 5.41) is 8.88. The molecule has 0 radical (unpaired) electrons. The Kier molecular flexibility index (Phi) is 3.30. The van der Waals surface area contributed by atoms with Gasteiger partial charge in [-0.25, -0.2) is 13.6 Å². The second kappa shape index (κ2) is 4.74. The van der Waals surface area contributed by atoms with Crippen molar-refractivity contribution >= 4 is 17.6 Å². The van der Waals surface area contributed by atoms with Crippen molar-refractivity contribution in [2.24, 2.45) is 0 Å². The predicted molar refractivity (Wildman–Crippen MR) is 63.8 cm³/mol. The van der Waals surface area contributed by atoms with E-state index < -0.39 is 17.6 Å². The van der Waals surface area contributed by atoms with Gasteiger partial charge >= 0.3 is 5.97 Å². The first kappa shape index (κ1) is 12.5. The number of carboxylic acids is 1. The summed E-state index contributed by atoms with van der Waals surface area (Å²) in [5.41, 5.74) is 0.448. The second-order valence-electron chi connectivity index (χ2n) is 3.62. The molecule has 0 aliphatic carbocycles. The minimum atomic E-state index is -1.12. The average molecular weight is 269 g/mol. The van der Waals surface area contributed by atoms with Crippen LogP contribution in [0.2, 0.25) is 5.02 Å². The molecule has 0 amide bonds. The first-order valence-corrected chi connectivity index (χ1v) is 5.35. The molecular formula is C13H7ClF2O2. The van der Waals surface area contributed by atoms with Crippen LogP contribution in [0, 0.1) is 11.6 Å². The third-order valence-corrected chi connectivity index (χ3v) is 2.75. The molecule has 0 atom stereocenters. The number of hydrogen-bond acceptors (Lipinski definition) is 1. The highest BCUT2D eigenvalue weighted by molar-refractivity contribution is 6.33. The van der Waals surface area contributed by atoms with E-state index in [0.717, 1.165) is 12.1 Å². The van der Waals surface area contributed by atoms with Gasteiger partial charge in [0.15, 0.2) is 0 Å². The molecule has 0 heterocycles. The molecular weight excluding hydrogens is 262 g/mol. The number of carboxylic acid groups (broad SMARTS) is 1. The highest BCUT2D eigenvalue weighted by Gasteiger charge is 2.12. The van der Waals surface area contributed by atoms with Crippen LogP contribution in [0.25, 0.3) is 11.1 Å². The Morgan fingerprint density at radius 1 is 1.06 bits per heavy atom. The zero-order valence-corrected chi connectivity index (χ0v) is 9.71. The number of carbonyl (C=O) groups is 1. The lowest BCUT2D eigenvalue weighted by atomic mass is 10.0. The van der Waals surface area contributed by atoms with E-state index in [1.165, 1.54) is 24.3 Å². The van der Waals surface area contributed by atoms with Gasteiger partial charge in [-0.1, -0.05) is 17.7 Å². The van der Waals surface area contributed by atoms with Crippen molar-refractivity contribution in [3.05, 3.63) is 58.6 Å². The maximum Gasteiger partial charge on any atom is 0.335 e. The quantitative estimate of drug-likeness (QED) is 0.894. The SMILES string of the molecule is O=C(O)c1ccc(-c2ccc(F)cc2F)c(Cl)c1. The summed E-state index contributed by atoms with van der Waals surface area (Å²) in [7, 11) is 0. The standard InChI is InChI=1S/C13H7ClF2O2/c14-11-5-7(13(17)18)1-3-9(11)10-4-2-8(15)6-12(10)16/h1-6H,(H,17,18). The number of hydrogen-bond donors (Lipinski definition) is 1. The van der Waals surface area contributed by atoms with Gasteiger partial charge in [0.25, 0.3) is 0 Å². The molecule has 0 saturated heterocycles. The molecule has 18 heavy (non-hydrogen) atoms. The molecule has 1 N–H and O–H groups in total. The van der Waals surface area contributed by atoms with Crippen molar-refractivity contribution in [2.45, 2.75) is 0 Å². The molecule has 0 bridgehead atoms. The number of halogens is 3. The van der Waals surface area contributed by atoms with Crippen molar-refractivity contribution in [1.82, 2.24) is 0 Å². The van der Waals surface area contributed by atoms with Crippen LogP contribution >= 0.6 is 11.6 Å². The van der Waals surface area contributed by atoms with Crippen LogP contribution in [-0.4, -0.2) is 11.1 Å². The lowest BCUT2D eigenvalue weighted by Crippen LogP contribution is -1.96. The smallest absolute Gasteiger partial charge is 0.335 e. The van der Waals surface area contributed by atoms with Gasteiger partial charge in [0, 0.05) is 22.2 Å². The largest absolute Gasteiger partial charge is 0.478 e. The summed E-state index contributed by atoms with van der Waals surface area (Å²) in [4.78, 5) is 10.7. The second-order valence-corrected chi connectivity index (χ2v) is 4.03. The lowest BCUT2D eigenvalue weighted by Gasteiger charge is -2.07. The van der Waals surface area contributed by atoms with Crippen LogP contribution in [0.3, 0.4) is 0 Å². The van der Waals surface area contributed by atoms with Gasteiger partial charge in [-0.15, -0.1) is 0 Å². The fourth-order valence-electron chi connectivity index (χ4n) is 1.57. The zero-order valence-electron chi connectivity index (χ0n) is 8.95. The van der Waals surface area contributed by atoms with Crippen molar-refractivity contribution in [3.8, 4) is 11.1 Å². The Morgan fingerprint density at radius 2 is 1.72 bits per heavy atom. The zero-order chi connectivity index (χ0) is 13.3. The van der Waals surface area contributed by atoms with E-state index >= 15 is 0 Å². The number of benzene rings is 2. The fraction of sp³-hybridized carbons (Fsp3) is 0. The van der Waals surface area contributed by atoms with Crippen LogP contribution in [-0.2, 0) is 0 Å². The topological polar surface area (TPSA) is 37.3 Å². The lowest BCUT2D eigenvalue weighted by molar-refractivity contribution is 0.0697. The Labute approximate surface area is 106 Å². The van der Waals surface area contributed by atoms with Crippen LogP contribution in [0.1, 0.15) is 10.4 Å². The first-order chi connectivity index (χ1) is 8.49. The monoisotopic (exact) mass is 268 g/mol. The Balaban J connectivity index is 2.54. The van der Waals surface area contributed by atoms with Gasteiger partial charge in [-0.2, -0.15) is 0 Å². The van der Waals surface area contributed by atoms with Gasteiger partial charge in [0.1, 0.15) is 11.6 Å².